The Labute approximate surface area is 219 Å². The number of carboxylic acids is 1. The molecule has 2 N–H and O–H groups in total. The molecule has 0 atom stereocenters. The van der Waals surface area contributed by atoms with E-state index < -0.39 is 50.1 Å². The number of hydrogen-bond donors (Lipinski definition) is 2. The summed E-state index contributed by atoms with van der Waals surface area (Å²) in [6, 6.07) is 8.21. The van der Waals surface area contributed by atoms with Gasteiger partial charge in [0.05, 0.1) is 11.4 Å². The highest BCUT2D eigenvalue weighted by Gasteiger charge is 2.38. The van der Waals surface area contributed by atoms with Gasteiger partial charge in [-0.2, -0.15) is 13.2 Å². The largest absolute Gasteiger partial charge is 0.490 e. The van der Waals surface area contributed by atoms with Gasteiger partial charge in [0.2, 0.25) is 0 Å². The van der Waals surface area contributed by atoms with Crippen LogP contribution in [0, 0.1) is 17.5 Å². The van der Waals surface area contributed by atoms with Crippen LogP contribution in [0.2, 0.25) is 0 Å². The molecule has 2 aromatic carbocycles. The number of hydrogen-bond acceptors (Lipinski definition) is 7. The fourth-order valence-corrected chi connectivity index (χ4v) is 5.14. The van der Waals surface area contributed by atoms with E-state index in [9.17, 15) is 34.8 Å². The number of halogens is 6. The summed E-state index contributed by atoms with van der Waals surface area (Å²) in [5, 5.41) is 13.3. The minimum atomic E-state index is -5.08. The number of aliphatic carboxylic acids is 1. The van der Waals surface area contributed by atoms with E-state index in [2.05, 4.69) is 19.9 Å². The van der Waals surface area contributed by atoms with E-state index in [4.69, 9.17) is 9.90 Å². The van der Waals surface area contributed by atoms with Gasteiger partial charge in [0.1, 0.15) is 22.7 Å². The summed E-state index contributed by atoms with van der Waals surface area (Å²) in [5.74, 6) is -6.66. The third-order valence-electron chi connectivity index (χ3n) is 5.72. The number of nitrogens with zero attached hydrogens (tertiary/aromatic N) is 2. The fourth-order valence-electron chi connectivity index (χ4n) is 3.81. The molecule has 212 valence electrons. The van der Waals surface area contributed by atoms with E-state index >= 15 is 0 Å². The zero-order valence-electron chi connectivity index (χ0n) is 20.1. The average Bonchev–Trinajstić information content (AvgIpc) is 3.55. The molecule has 3 aromatic rings. The topological polar surface area (TPSA) is 113 Å². The lowest BCUT2D eigenvalue weighted by atomic mass is 10.1. The molecule has 2 heterocycles. The smallest absolute Gasteiger partial charge is 0.475 e. The summed E-state index contributed by atoms with van der Waals surface area (Å²) in [5.41, 5.74) is 0.962. The Kier molecular flexibility index (Phi) is 9.61. The second-order valence-electron chi connectivity index (χ2n) is 8.51. The molecule has 15 heteroatoms. The van der Waals surface area contributed by atoms with Gasteiger partial charge in [-0.05, 0) is 49.7 Å². The van der Waals surface area contributed by atoms with Gasteiger partial charge in [-0.1, -0.05) is 17.3 Å². The average molecular weight is 580 g/mol. The Morgan fingerprint density at radius 3 is 2.31 bits per heavy atom. The first kappa shape index (κ1) is 30.0. The maximum absolute atomic E-state index is 14.7. The lowest BCUT2D eigenvalue weighted by Crippen LogP contribution is -2.21. The number of rotatable bonds is 8. The SMILES string of the molecule is O=C(O)C(F)(F)F.O=S(=O)(Cc1ccon1)c1ccc(NCc2c(F)cccc2CN2CCCC2)c(F)c1F. The van der Waals surface area contributed by atoms with Crippen LogP contribution in [0.5, 0.6) is 0 Å². The monoisotopic (exact) mass is 579 g/mol. The predicted octanol–water partition coefficient (Wildman–Crippen LogP) is 4.91. The van der Waals surface area contributed by atoms with E-state index in [0.717, 1.165) is 43.6 Å². The molecule has 0 unspecified atom stereocenters. The molecular weight excluding hydrogens is 556 g/mol. The number of nitrogens with one attached hydrogen (secondary N) is 1. The van der Waals surface area contributed by atoms with Crippen LogP contribution in [0.1, 0.15) is 29.7 Å². The van der Waals surface area contributed by atoms with Crippen molar-refractivity contribution in [3.63, 3.8) is 0 Å². The van der Waals surface area contributed by atoms with Gasteiger partial charge < -0.3 is 14.9 Å². The third-order valence-corrected chi connectivity index (χ3v) is 7.38. The number of carbonyl (C=O) groups is 1. The molecule has 1 aliphatic heterocycles. The van der Waals surface area contributed by atoms with E-state index in [1.807, 2.05) is 6.07 Å². The minimum Gasteiger partial charge on any atom is -0.475 e. The van der Waals surface area contributed by atoms with E-state index in [1.165, 1.54) is 18.4 Å². The van der Waals surface area contributed by atoms with Crippen LogP contribution < -0.4 is 5.32 Å². The van der Waals surface area contributed by atoms with Crippen LogP contribution in [0.25, 0.3) is 0 Å². The van der Waals surface area contributed by atoms with Gasteiger partial charge in [0.15, 0.2) is 21.5 Å². The first-order chi connectivity index (χ1) is 18.3. The first-order valence-electron chi connectivity index (χ1n) is 11.4. The van der Waals surface area contributed by atoms with Crippen LogP contribution in [0.4, 0.5) is 32.0 Å². The van der Waals surface area contributed by atoms with Gasteiger partial charge in [-0.25, -0.2) is 26.4 Å². The zero-order valence-corrected chi connectivity index (χ0v) is 21.0. The molecule has 0 spiro atoms. The number of likely N-dealkylation sites (tertiary alicyclic amines) is 1. The van der Waals surface area contributed by atoms with Crippen LogP contribution >= 0.6 is 0 Å². The van der Waals surface area contributed by atoms with Crippen molar-refractivity contribution in [1.82, 2.24) is 10.1 Å². The van der Waals surface area contributed by atoms with Crippen molar-refractivity contribution in [3.8, 4) is 0 Å². The van der Waals surface area contributed by atoms with Gasteiger partial charge in [0.25, 0.3) is 0 Å². The highest BCUT2D eigenvalue weighted by molar-refractivity contribution is 7.90. The number of alkyl halides is 3. The number of anilines is 1. The normalized spacial score (nSPS) is 14.1. The summed E-state index contributed by atoms with van der Waals surface area (Å²) >= 11 is 0. The second-order valence-corrected chi connectivity index (χ2v) is 10.5. The Balaban J connectivity index is 0.000000532. The Bertz CT molecular complexity index is 1390. The quantitative estimate of drug-likeness (QED) is 0.362. The van der Waals surface area contributed by atoms with Crippen LogP contribution in [-0.2, 0) is 33.5 Å². The summed E-state index contributed by atoms with van der Waals surface area (Å²) in [6.45, 7) is 2.38. The van der Waals surface area contributed by atoms with E-state index in [0.29, 0.717) is 12.1 Å². The predicted molar refractivity (Wildman–Crippen MR) is 126 cm³/mol. The molecule has 1 aliphatic rings. The maximum atomic E-state index is 14.7. The first-order valence-corrected chi connectivity index (χ1v) is 13.1. The van der Waals surface area contributed by atoms with Crippen molar-refractivity contribution in [2.45, 2.75) is 42.8 Å². The molecule has 0 aliphatic carbocycles. The van der Waals surface area contributed by atoms with E-state index in [1.54, 1.807) is 6.07 Å². The maximum Gasteiger partial charge on any atom is 0.490 e. The van der Waals surface area contributed by atoms with Crippen LogP contribution in [0.15, 0.2) is 52.1 Å². The molecule has 0 amide bonds. The summed E-state index contributed by atoms with van der Waals surface area (Å²) in [7, 11) is -4.18. The van der Waals surface area contributed by atoms with Crippen LogP contribution in [-0.4, -0.2) is 48.8 Å². The molecule has 0 radical (unpaired) electrons. The molecule has 0 bridgehead atoms. The molecule has 4 rings (SSSR count). The molecule has 1 fully saturated rings. The van der Waals surface area contributed by atoms with Crippen molar-refractivity contribution in [1.29, 1.82) is 0 Å². The summed E-state index contributed by atoms with van der Waals surface area (Å²) in [4.78, 5) is 10.3. The van der Waals surface area contributed by atoms with Gasteiger partial charge >= 0.3 is 12.1 Å². The Morgan fingerprint density at radius 2 is 1.72 bits per heavy atom. The second kappa shape index (κ2) is 12.5. The van der Waals surface area contributed by atoms with Crippen molar-refractivity contribution >= 4 is 21.5 Å². The molecule has 1 aromatic heterocycles. The number of benzene rings is 2. The molecule has 8 nitrogen and oxygen atoms in total. The third kappa shape index (κ3) is 7.95. The number of sulfone groups is 1. The lowest BCUT2D eigenvalue weighted by molar-refractivity contribution is -0.192. The van der Waals surface area contributed by atoms with Crippen molar-refractivity contribution in [2.75, 3.05) is 18.4 Å². The number of carboxylic acid groups (broad SMARTS) is 1. The summed E-state index contributed by atoms with van der Waals surface area (Å²) in [6.07, 6.45) is -1.70. The summed E-state index contributed by atoms with van der Waals surface area (Å²) < 4.78 is 105. The van der Waals surface area contributed by atoms with Gasteiger partial charge in [-0.3, -0.25) is 4.90 Å². The molecule has 39 heavy (non-hydrogen) atoms. The molecule has 1 saturated heterocycles. The van der Waals surface area contributed by atoms with Crippen molar-refractivity contribution in [3.05, 3.63) is 76.9 Å². The zero-order chi connectivity index (χ0) is 28.8. The highest BCUT2D eigenvalue weighted by atomic mass is 32.2. The minimum absolute atomic E-state index is 0.0722. The van der Waals surface area contributed by atoms with E-state index in [-0.39, 0.29) is 17.9 Å². The van der Waals surface area contributed by atoms with Crippen molar-refractivity contribution in [2.24, 2.45) is 0 Å². The number of aromatic nitrogens is 1. The standard InChI is InChI=1S/C22H22F3N3O3S.C2HF3O2/c23-18-5-3-4-15(13-28-9-1-2-10-28)17(18)12-26-19-6-7-20(22(25)21(19)24)32(29,30)14-16-8-11-31-27-16;3-2(4,5)1(6)7/h3-8,11,26H,1-2,9-10,12-14H2;(H,6,7). The molecule has 0 saturated carbocycles. The Morgan fingerprint density at radius 1 is 1.05 bits per heavy atom. The lowest BCUT2D eigenvalue weighted by Gasteiger charge is -2.19. The molecular formula is C24H23F6N3O5S. The van der Waals surface area contributed by atoms with Gasteiger partial charge in [-0.15, -0.1) is 0 Å². The van der Waals surface area contributed by atoms with Crippen molar-refractivity contribution < 1.29 is 49.2 Å². The highest BCUT2D eigenvalue weighted by Crippen LogP contribution is 2.27. The van der Waals surface area contributed by atoms with Gasteiger partial charge in [0, 0.05) is 24.7 Å². The Hall–Kier alpha value is -3.59. The fraction of sp³-hybridized carbons (Fsp3) is 0.333. The van der Waals surface area contributed by atoms with Crippen LogP contribution in [0.3, 0.4) is 0 Å².